The van der Waals surface area contributed by atoms with Crippen LogP contribution in [0.1, 0.15) is 13.3 Å². The Hall–Kier alpha value is -0.875. The fourth-order valence-corrected chi connectivity index (χ4v) is 0.499. The number of aldehydes is 1. The van der Waals surface area contributed by atoms with E-state index < -0.39 is 13.2 Å². The topological polar surface area (TPSA) is 66.8 Å². The van der Waals surface area contributed by atoms with Gasteiger partial charge in [0.05, 0.1) is 0 Å². The van der Waals surface area contributed by atoms with Crippen LogP contribution in [0.25, 0.3) is 0 Å². The van der Waals surface area contributed by atoms with Crippen LogP contribution in [0, 0.1) is 0 Å². The number of rotatable bonds is 5. The molecule has 0 aromatic heterocycles. The van der Waals surface area contributed by atoms with Crippen molar-refractivity contribution in [2.75, 3.05) is 13.6 Å². The Balaban J connectivity index is 3.77. The summed E-state index contributed by atoms with van der Waals surface area (Å²) in [6.07, 6.45) is 0.814. The molecule has 0 heterocycles. The average Bonchev–Trinajstić information content (AvgIpc) is 2.04. The maximum atomic E-state index is 10.6. The van der Waals surface area contributed by atoms with Gasteiger partial charge in [0.2, 0.25) is 0 Å². The van der Waals surface area contributed by atoms with Crippen molar-refractivity contribution in [2.45, 2.75) is 13.3 Å². The molecule has 68 valence electrons. The van der Waals surface area contributed by atoms with Crippen LogP contribution in [0.2, 0.25) is 0 Å². The molecule has 0 aliphatic carbocycles. The molecule has 0 saturated carbocycles. The molecule has 1 N–H and O–H groups in total. The zero-order valence-corrected chi connectivity index (χ0v) is 7.19. The standard InChI is InChI=1S/C6H12BNO4/c1-3-6(10)12-7(11)8(2)4-5-9/h5,11H,3-4H2,1-2H3. The van der Waals surface area contributed by atoms with Crippen LogP contribution in [0.5, 0.6) is 0 Å². The van der Waals surface area contributed by atoms with E-state index in [1.54, 1.807) is 6.92 Å². The lowest BCUT2D eigenvalue weighted by molar-refractivity contribution is -0.136. The molecule has 0 saturated heterocycles. The smallest absolute Gasteiger partial charge is 0.496 e. The average molecular weight is 173 g/mol. The highest BCUT2D eigenvalue weighted by Gasteiger charge is 2.24. The molecule has 0 unspecified atom stereocenters. The lowest BCUT2D eigenvalue weighted by atomic mass is 10.1. The normalized spacial score (nSPS) is 9.67. The Bertz CT molecular complexity index is 164. The monoisotopic (exact) mass is 173 g/mol. The first-order chi connectivity index (χ1) is 5.61. The van der Waals surface area contributed by atoms with Crippen molar-refractivity contribution in [1.82, 2.24) is 4.81 Å². The van der Waals surface area contributed by atoms with Crippen LogP contribution in [0.3, 0.4) is 0 Å². The number of likely N-dealkylation sites (N-methyl/N-ethyl adjacent to an activating group) is 1. The van der Waals surface area contributed by atoms with Crippen LogP contribution < -0.4 is 0 Å². The van der Waals surface area contributed by atoms with Crippen molar-refractivity contribution in [3.8, 4) is 0 Å². The third-order valence-electron chi connectivity index (χ3n) is 1.27. The third kappa shape index (κ3) is 4.10. The summed E-state index contributed by atoms with van der Waals surface area (Å²) in [6, 6.07) is 0. The van der Waals surface area contributed by atoms with Crippen molar-refractivity contribution in [3.05, 3.63) is 0 Å². The first-order valence-corrected chi connectivity index (χ1v) is 3.63. The summed E-state index contributed by atoms with van der Waals surface area (Å²) in [5.74, 6) is -0.500. The summed E-state index contributed by atoms with van der Waals surface area (Å²) in [7, 11) is 0.143. The largest absolute Gasteiger partial charge is 0.628 e. The van der Waals surface area contributed by atoms with E-state index in [-0.39, 0.29) is 13.0 Å². The molecular formula is C6H12BNO4. The molecule has 0 rings (SSSR count). The number of carbonyl (C=O) groups is 2. The van der Waals surface area contributed by atoms with Crippen LogP contribution >= 0.6 is 0 Å². The first kappa shape index (κ1) is 11.1. The van der Waals surface area contributed by atoms with E-state index in [1.165, 1.54) is 11.9 Å². The van der Waals surface area contributed by atoms with Gasteiger partial charge in [-0.25, -0.2) is 0 Å². The molecule has 0 bridgehead atoms. The van der Waals surface area contributed by atoms with Crippen molar-refractivity contribution in [3.63, 3.8) is 0 Å². The minimum atomic E-state index is -1.33. The second kappa shape index (κ2) is 5.73. The van der Waals surface area contributed by atoms with Crippen LogP contribution in [-0.2, 0) is 14.2 Å². The molecule has 0 aromatic carbocycles. The molecule has 0 aliphatic heterocycles. The molecule has 0 aromatic rings. The highest BCUT2D eigenvalue weighted by Crippen LogP contribution is 1.91. The molecule has 0 aliphatic rings. The minimum Gasteiger partial charge on any atom is -0.496 e. The van der Waals surface area contributed by atoms with E-state index in [2.05, 4.69) is 4.65 Å². The summed E-state index contributed by atoms with van der Waals surface area (Å²) >= 11 is 0. The van der Waals surface area contributed by atoms with Crippen molar-refractivity contribution in [2.24, 2.45) is 0 Å². The van der Waals surface area contributed by atoms with Gasteiger partial charge in [-0.2, -0.15) is 0 Å². The van der Waals surface area contributed by atoms with E-state index in [0.717, 1.165) is 0 Å². The molecule has 0 atom stereocenters. The van der Waals surface area contributed by atoms with Crippen LogP contribution in [-0.4, -0.2) is 42.9 Å². The summed E-state index contributed by atoms with van der Waals surface area (Å²) < 4.78 is 4.50. The zero-order chi connectivity index (χ0) is 9.56. The predicted octanol–water partition coefficient (Wildman–Crippen LogP) is -0.952. The Morgan fingerprint density at radius 2 is 2.33 bits per heavy atom. The first-order valence-electron chi connectivity index (χ1n) is 3.63. The molecule has 0 spiro atoms. The van der Waals surface area contributed by atoms with Crippen molar-refractivity contribution >= 4 is 19.5 Å². The second-order valence-corrected chi connectivity index (χ2v) is 2.28. The fraction of sp³-hybridized carbons (Fsp3) is 0.667. The van der Waals surface area contributed by atoms with Gasteiger partial charge in [0.15, 0.2) is 0 Å². The van der Waals surface area contributed by atoms with Gasteiger partial charge in [0, 0.05) is 13.0 Å². The highest BCUT2D eigenvalue weighted by atomic mass is 16.6. The molecule has 0 fully saturated rings. The number of hydrogen-bond donors (Lipinski definition) is 1. The molecule has 0 radical (unpaired) electrons. The number of carbonyl (C=O) groups excluding carboxylic acids is 2. The lowest BCUT2D eigenvalue weighted by Crippen LogP contribution is -2.41. The van der Waals surface area contributed by atoms with Gasteiger partial charge in [-0.3, -0.25) is 9.61 Å². The summed E-state index contributed by atoms with van der Waals surface area (Å²) in [6.45, 7) is 1.65. The fourth-order valence-electron chi connectivity index (χ4n) is 0.499. The van der Waals surface area contributed by atoms with E-state index in [0.29, 0.717) is 6.29 Å². The van der Waals surface area contributed by atoms with Gasteiger partial charge in [-0.15, -0.1) is 0 Å². The summed E-state index contributed by atoms with van der Waals surface area (Å²) in [5, 5.41) is 9.07. The van der Waals surface area contributed by atoms with Gasteiger partial charge >= 0.3 is 7.25 Å². The molecule has 12 heavy (non-hydrogen) atoms. The molecular weight excluding hydrogens is 161 g/mol. The van der Waals surface area contributed by atoms with Crippen LogP contribution in [0.15, 0.2) is 0 Å². The van der Waals surface area contributed by atoms with Crippen molar-refractivity contribution in [1.29, 1.82) is 0 Å². The maximum Gasteiger partial charge on any atom is 0.628 e. The lowest BCUT2D eigenvalue weighted by Gasteiger charge is -2.15. The third-order valence-corrected chi connectivity index (χ3v) is 1.27. The highest BCUT2D eigenvalue weighted by molar-refractivity contribution is 6.42. The van der Waals surface area contributed by atoms with Gasteiger partial charge in [-0.05, 0) is 7.05 Å². The summed E-state index contributed by atoms with van der Waals surface area (Å²) in [5.41, 5.74) is 0. The van der Waals surface area contributed by atoms with E-state index in [9.17, 15) is 9.59 Å². The van der Waals surface area contributed by atoms with E-state index >= 15 is 0 Å². The van der Waals surface area contributed by atoms with Gasteiger partial charge in [0.1, 0.15) is 6.29 Å². The molecule has 6 heteroatoms. The Kier molecular flexibility index (Phi) is 5.32. The molecule has 5 nitrogen and oxygen atoms in total. The SMILES string of the molecule is CCC(=O)OB(O)N(C)CC=O. The number of nitrogens with zero attached hydrogens (tertiary/aromatic N) is 1. The molecule has 0 amide bonds. The zero-order valence-electron chi connectivity index (χ0n) is 7.19. The van der Waals surface area contributed by atoms with Gasteiger partial charge < -0.3 is 14.5 Å². The Morgan fingerprint density at radius 1 is 1.75 bits per heavy atom. The Labute approximate surface area is 71.5 Å². The summed E-state index contributed by atoms with van der Waals surface area (Å²) in [4.78, 5) is 21.8. The predicted molar refractivity (Wildman–Crippen MR) is 43.0 cm³/mol. The number of hydrogen-bond acceptors (Lipinski definition) is 5. The van der Waals surface area contributed by atoms with E-state index in [4.69, 9.17) is 5.02 Å². The van der Waals surface area contributed by atoms with Crippen LogP contribution in [0.4, 0.5) is 0 Å². The van der Waals surface area contributed by atoms with Crippen molar-refractivity contribution < 1.29 is 19.3 Å². The minimum absolute atomic E-state index is 0.0260. The second-order valence-electron chi connectivity index (χ2n) is 2.28. The maximum absolute atomic E-state index is 10.6. The van der Waals surface area contributed by atoms with Gasteiger partial charge in [0.25, 0.3) is 5.97 Å². The van der Waals surface area contributed by atoms with E-state index in [1.807, 2.05) is 0 Å². The van der Waals surface area contributed by atoms with Gasteiger partial charge in [-0.1, -0.05) is 6.92 Å². The quantitative estimate of drug-likeness (QED) is 0.428. The Morgan fingerprint density at radius 3 is 2.75 bits per heavy atom.